The number of amides is 1. The van der Waals surface area contributed by atoms with Gasteiger partial charge in [-0.15, -0.1) is 0 Å². The van der Waals surface area contributed by atoms with Crippen LogP contribution in [0.5, 0.6) is 0 Å². The highest BCUT2D eigenvalue weighted by Crippen LogP contribution is 2.26. The molecule has 3 aromatic rings. The zero-order chi connectivity index (χ0) is 17.1. The third-order valence-electron chi connectivity index (χ3n) is 3.55. The molecule has 3 rings (SSSR count). The van der Waals surface area contributed by atoms with E-state index in [1.54, 1.807) is 30.5 Å². The lowest BCUT2D eigenvalue weighted by atomic mass is 10.1. The number of hydrogen-bond acceptors (Lipinski definition) is 2. The molecule has 0 saturated heterocycles. The van der Waals surface area contributed by atoms with Gasteiger partial charge < -0.3 is 5.32 Å². The average molecular weight is 402 g/mol. The van der Waals surface area contributed by atoms with Crippen LogP contribution in [0.25, 0.3) is 11.3 Å². The Morgan fingerprint density at radius 3 is 2.46 bits per heavy atom. The number of nitrogens with one attached hydrogen (secondary N) is 1. The molecule has 0 radical (unpaired) electrons. The largest absolute Gasteiger partial charge is 0.322 e. The maximum atomic E-state index is 12.3. The summed E-state index contributed by atoms with van der Waals surface area (Å²) in [5.74, 6) is -0.226. The molecule has 1 N–H and O–H groups in total. The number of nitrogens with zero attached hydrogens (tertiary/aromatic N) is 1. The number of carbonyl (C=O) groups is 1. The quantitative estimate of drug-likeness (QED) is 0.609. The second-order valence-electron chi connectivity index (χ2n) is 5.38. The van der Waals surface area contributed by atoms with E-state index in [2.05, 4.69) is 26.2 Å². The van der Waals surface area contributed by atoms with Crippen molar-refractivity contribution in [2.75, 3.05) is 5.32 Å². The van der Waals surface area contributed by atoms with Gasteiger partial charge >= 0.3 is 0 Å². The molecule has 0 unspecified atom stereocenters. The van der Waals surface area contributed by atoms with Gasteiger partial charge in [0.15, 0.2) is 0 Å². The van der Waals surface area contributed by atoms with E-state index < -0.39 is 0 Å². The molecule has 1 amide bonds. The van der Waals surface area contributed by atoms with Gasteiger partial charge in [0.05, 0.1) is 16.3 Å². The van der Waals surface area contributed by atoms with E-state index >= 15 is 0 Å². The number of pyridine rings is 1. The number of aryl methyl sites for hydroxylation is 1. The minimum absolute atomic E-state index is 0.226. The fourth-order valence-electron chi connectivity index (χ4n) is 2.20. The molecule has 1 heterocycles. The van der Waals surface area contributed by atoms with E-state index in [4.69, 9.17) is 11.6 Å². The first kappa shape index (κ1) is 16.7. The van der Waals surface area contributed by atoms with Crippen LogP contribution in [0.1, 0.15) is 15.9 Å². The summed E-state index contributed by atoms with van der Waals surface area (Å²) in [6.07, 6.45) is 1.57. The van der Waals surface area contributed by atoms with Crippen LogP contribution < -0.4 is 5.32 Å². The Balaban J connectivity index is 1.76. The molecule has 5 heteroatoms. The Morgan fingerprint density at radius 1 is 1.08 bits per heavy atom. The third kappa shape index (κ3) is 3.83. The molecule has 0 aliphatic rings. The molecule has 0 fully saturated rings. The highest BCUT2D eigenvalue weighted by Gasteiger charge is 2.08. The molecule has 0 atom stereocenters. The first-order valence-electron chi connectivity index (χ1n) is 7.32. The van der Waals surface area contributed by atoms with Crippen molar-refractivity contribution in [3.63, 3.8) is 0 Å². The van der Waals surface area contributed by atoms with Gasteiger partial charge in [0.25, 0.3) is 5.91 Å². The fraction of sp³-hybridized carbons (Fsp3) is 0.0526. The van der Waals surface area contributed by atoms with Crippen molar-refractivity contribution >= 4 is 39.1 Å². The van der Waals surface area contributed by atoms with E-state index in [1.165, 1.54) is 5.56 Å². The molecular formula is C19H14BrClN2O. The second-order valence-corrected chi connectivity index (χ2v) is 6.64. The molecule has 0 saturated carbocycles. The smallest absolute Gasteiger partial charge is 0.257 e. The topological polar surface area (TPSA) is 42.0 Å². The summed E-state index contributed by atoms with van der Waals surface area (Å²) in [5.41, 5.74) is 4.18. The summed E-state index contributed by atoms with van der Waals surface area (Å²) < 4.78 is 0.784. The fourth-order valence-corrected chi connectivity index (χ4v) is 2.63. The van der Waals surface area contributed by atoms with Gasteiger partial charge in [-0.05, 0) is 53.2 Å². The molecule has 3 nitrogen and oxygen atoms in total. The van der Waals surface area contributed by atoms with E-state index in [0.717, 1.165) is 15.7 Å². The number of aromatic nitrogens is 1. The Hall–Kier alpha value is -2.17. The Morgan fingerprint density at radius 2 is 1.83 bits per heavy atom. The lowest BCUT2D eigenvalue weighted by molar-refractivity contribution is 0.102. The number of benzene rings is 2. The van der Waals surface area contributed by atoms with Gasteiger partial charge in [-0.2, -0.15) is 0 Å². The van der Waals surface area contributed by atoms with Gasteiger partial charge in [-0.3, -0.25) is 9.78 Å². The highest BCUT2D eigenvalue weighted by molar-refractivity contribution is 9.10. The van der Waals surface area contributed by atoms with Crippen molar-refractivity contribution < 1.29 is 4.79 Å². The highest BCUT2D eigenvalue weighted by atomic mass is 79.9. The lowest BCUT2D eigenvalue weighted by Crippen LogP contribution is -2.12. The summed E-state index contributed by atoms with van der Waals surface area (Å²) >= 11 is 9.35. The first-order chi connectivity index (χ1) is 11.5. The van der Waals surface area contributed by atoms with Gasteiger partial charge in [0, 0.05) is 21.9 Å². The van der Waals surface area contributed by atoms with Crippen molar-refractivity contribution in [1.82, 2.24) is 4.98 Å². The van der Waals surface area contributed by atoms with Crippen LogP contribution in [-0.4, -0.2) is 10.9 Å². The minimum atomic E-state index is -0.226. The van der Waals surface area contributed by atoms with Gasteiger partial charge in [0.2, 0.25) is 0 Å². The van der Waals surface area contributed by atoms with Gasteiger partial charge in [-0.25, -0.2) is 0 Å². The number of anilines is 1. The second kappa shape index (κ2) is 7.16. The lowest BCUT2D eigenvalue weighted by Gasteiger charge is -2.07. The van der Waals surface area contributed by atoms with Gasteiger partial charge in [0.1, 0.15) is 0 Å². The molecule has 0 bridgehead atoms. The van der Waals surface area contributed by atoms with Crippen LogP contribution in [0.4, 0.5) is 5.69 Å². The van der Waals surface area contributed by atoms with Crippen molar-refractivity contribution in [3.05, 3.63) is 81.4 Å². The van der Waals surface area contributed by atoms with Crippen molar-refractivity contribution in [2.24, 2.45) is 0 Å². The van der Waals surface area contributed by atoms with Crippen LogP contribution >= 0.6 is 27.5 Å². The van der Waals surface area contributed by atoms with E-state index in [-0.39, 0.29) is 5.91 Å². The molecule has 0 spiro atoms. The number of halogens is 2. The standard InChI is InChI=1S/C19H14BrClN2O/c1-12-2-4-13(5-3-12)18-9-6-14(11-22-18)19(24)23-15-7-8-16(20)17(21)10-15/h2-11H,1H3,(H,23,24). The maximum Gasteiger partial charge on any atom is 0.257 e. The maximum absolute atomic E-state index is 12.3. The Kier molecular flexibility index (Phi) is 4.97. The summed E-state index contributed by atoms with van der Waals surface area (Å²) in [7, 11) is 0. The monoisotopic (exact) mass is 400 g/mol. The number of carbonyl (C=O) groups excluding carboxylic acids is 1. The van der Waals surface area contributed by atoms with Crippen molar-refractivity contribution in [2.45, 2.75) is 6.92 Å². The third-order valence-corrected chi connectivity index (χ3v) is 4.78. The average Bonchev–Trinajstić information content (AvgIpc) is 2.59. The Bertz CT molecular complexity index is 877. The van der Waals surface area contributed by atoms with Crippen LogP contribution in [0.15, 0.2) is 65.3 Å². The summed E-state index contributed by atoms with van der Waals surface area (Å²) in [6.45, 7) is 2.04. The van der Waals surface area contributed by atoms with E-state index in [0.29, 0.717) is 16.3 Å². The molecule has 0 aliphatic heterocycles. The van der Waals surface area contributed by atoms with Crippen LogP contribution in [0, 0.1) is 6.92 Å². The molecule has 2 aromatic carbocycles. The van der Waals surface area contributed by atoms with Gasteiger partial charge in [-0.1, -0.05) is 41.4 Å². The summed E-state index contributed by atoms with van der Waals surface area (Å²) in [6, 6.07) is 17.0. The first-order valence-corrected chi connectivity index (χ1v) is 8.49. The normalized spacial score (nSPS) is 10.5. The van der Waals surface area contributed by atoms with E-state index in [1.807, 2.05) is 37.3 Å². The van der Waals surface area contributed by atoms with Crippen LogP contribution in [0.2, 0.25) is 5.02 Å². The molecular weight excluding hydrogens is 388 g/mol. The minimum Gasteiger partial charge on any atom is -0.322 e. The molecule has 24 heavy (non-hydrogen) atoms. The van der Waals surface area contributed by atoms with E-state index in [9.17, 15) is 4.79 Å². The molecule has 120 valence electrons. The molecule has 1 aromatic heterocycles. The zero-order valence-electron chi connectivity index (χ0n) is 12.9. The van der Waals surface area contributed by atoms with Crippen molar-refractivity contribution in [3.8, 4) is 11.3 Å². The zero-order valence-corrected chi connectivity index (χ0v) is 15.2. The Labute approximate surface area is 153 Å². The number of hydrogen-bond donors (Lipinski definition) is 1. The SMILES string of the molecule is Cc1ccc(-c2ccc(C(=O)Nc3ccc(Br)c(Cl)c3)cn2)cc1. The van der Waals surface area contributed by atoms with Crippen LogP contribution in [0.3, 0.4) is 0 Å². The predicted molar refractivity (Wildman–Crippen MR) is 102 cm³/mol. The number of rotatable bonds is 3. The summed E-state index contributed by atoms with van der Waals surface area (Å²) in [4.78, 5) is 16.7. The molecule has 0 aliphatic carbocycles. The predicted octanol–water partition coefficient (Wildman–Crippen LogP) is 5.73. The summed E-state index contributed by atoms with van der Waals surface area (Å²) in [5, 5.41) is 3.35. The van der Waals surface area contributed by atoms with Crippen molar-refractivity contribution in [1.29, 1.82) is 0 Å². The van der Waals surface area contributed by atoms with Crippen LogP contribution in [-0.2, 0) is 0 Å².